The molecule has 2 aromatic rings. The van der Waals surface area contributed by atoms with Crippen LogP contribution in [0.1, 0.15) is 46.5 Å². The maximum absolute atomic E-state index is 14.4. The van der Waals surface area contributed by atoms with E-state index in [1.165, 1.54) is 12.1 Å². The van der Waals surface area contributed by atoms with Crippen LogP contribution in [0.4, 0.5) is 4.39 Å². The molecule has 1 fully saturated rings. The molecule has 152 valence electrons. The zero-order valence-corrected chi connectivity index (χ0v) is 16.7. The van der Waals surface area contributed by atoms with Gasteiger partial charge in [-0.1, -0.05) is 18.2 Å². The average molecular weight is 396 g/mol. The van der Waals surface area contributed by atoms with Gasteiger partial charge in [0.1, 0.15) is 5.82 Å². The van der Waals surface area contributed by atoms with E-state index < -0.39 is 11.8 Å². The molecule has 1 atom stereocenters. The van der Waals surface area contributed by atoms with E-state index in [0.29, 0.717) is 29.3 Å². The van der Waals surface area contributed by atoms with Crippen molar-refractivity contribution in [3.8, 4) is 11.1 Å². The quantitative estimate of drug-likeness (QED) is 0.857. The number of hydrogen-bond acceptors (Lipinski definition) is 3. The highest BCUT2D eigenvalue weighted by Gasteiger charge is 2.34. The largest absolute Gasteiger partial charge is 0.478 e. The molecule has 1 N–H and O–H groups in total. The predicted molar refractivity (Wildman–Crippen MR) is 109 cm³/mol. The van der Waals surface area contributed by atoms with Crippen LogP contribution in [-0.4, -0.2) is 58.5 Å². The lowest BCUT2D eigenvalue weighted by molar-refractivity contribution is 0.0658. The molecule has 4 rings (SSSR count). The Morgan fingerprint density at radius 3 is 2.55 bits per heavy atom. The zero-order valence-electron chi connectivity index (χ0n) is 16.7. The number of amides is 1. The topological polar surface area (TPSA) is 60.9 Å². The van der Waals surface area contributed by atoms with Crippen molar-refractivity contribution in [2.24, 2.45) is 0 Å². The van der Waals surface area contributed by atoms with Crippen LogP contribution >= 0.6 is 0 Å². The molecule has 0 spiro atoms. The number of fused-ring (bicyclic) bond motifs is 1. The Balaban J connectivity index is 1.57. The molecule has 29 heavy (non-hydrogen) atoms. The second kappa shape index (κ2) is 7.59. The monoisotopic (exact) mass is 396 g/mol. The summed E-state index contributed by atoms with van der Waals surface area (Å²) in [4.78, 5) is 28.5. The summed E-state index contributed by atoms with van der Waals surface area (Å²) < 4.78 is 14.4. The maximum Gasteiger partial charge on any atom is 0.335 e. The van der Waals surface area contributed by atoms with E-state index in [9.17, 15) is 14.0 Å². The SMILES string of the molecule is CC(C)N1CCC(N2CCc3cc(-c4ccc(C(=O)O)cc4F)ccc3C2=O)C1. The highest BCUT2D eigenvalue weighted by Crippen LogP contribution is 2.30. The Labute approximate surface area is 169 Å². The first-order chi connectivity index (χ1) is 13.8. The van der Waals surface area contributed by atoms with Gasteiger partial charge < -0.3 is 10.0 Å². The van der Waals surface area contributed by atoms with Gasteiger partial charge in [0.25, 0.3) is 5.91 Å². The molecule has 5 nitrogen and oxygen atoms in total. The first kappa shape index (κ1) is 19.6. The number of aromatic carboxylic acids is 1. The van der Waals surface area contributed by atoms with Crippen molar-refractivity contribution in [3.63, 3.8) is 0 Å². The smallest absolute Gasteiger partial charge is 0.335 e. The molecular formula is C23H25FN2O3. The van der Waals surface area contributed by atoms with Crippen LogP contribution in [0.3, 0.4) is 0 Å². The van der Waals surface area contributed by atoms with Crippen LogP contribution in [0.15, 0.2) is 36.4 Å². The van der Waals surface area contributed by atoms with E-state index >= 15 is 0 Å². The minimum absolute atomic E-state index is 0.0510. The number of hydrogen-bond donors (Lipinski definition) is 1. The number of carbonyl (C=O) groups excluding carboxylic acids is 1. The zero-order chi connectivity index (χ0) is 20.7. The van der Waals surface area contributed by atoms with Crippen LogP contribution in [0, 0.1) is 5.82 Å². The van der Waals surface area contributed by atoms with Gasteiger partial charge in [-0.2, -0.15) is 0 Å². The second-order valence-electron chi connectivity index (χ2n) is 8.15. The van der Waals surface area contributed by atoms with Crippen molar-refractivity contribution in [1.82, 2.24) is 9.80 Å². The summed E-state index contributed by atoms with van der Waals surface area (Å²) in [5, 5.41) is 9.01. The van der Waals surface area contributed by atoms with Crippen molar-refractivity contribution in [2.45, 2.75) is 38.8 Å². The van der Waals surface area contributed by atoms with Gasteiger partial charge >= 0.3 is 5.97 Å². The van der Waals surface area contributed by atoms with Crippen molar-refractivity contribution >= 4 is 11.9 Å². The summed E-state index contributed by atoms with van der Waals surface area (Å²) in [6, 6.07) is 10.0. The van der Waals surface area contributed by atoms with E-state index in [0.717, 1.165) is 37.6 Å². The van der Waals surface area contributed by atoms with Gasteiger partial charge in [0.2, 0.25) is 0 Å². The van der Waals surface area contributed by atoms with E-state index in [2.05, 4.69) is 18.7 Å². The fraction of sp³-hybridized carbons (Fsp3) is 0.391. The first-order valence-electron chi connectivity index (χ1n) is 10.1. The number of carbonyl (C=O) groups is 2. The number of carboxylic acid groups (broad SMARTS) is 1. The summed E-state index contributed by atoms with van der Waals surface area (Å²) >= 11 is 0. The number of benzene rings is 2. The number of likely N-dealkylation sites (tertiary alicyclic amines) is 1. The lowest BCUT2D eigenvalue weighted by Gasteiger charge is -2.34. The molecule has 6 heteroatoms. The molecule has 0 saturated carbocycles. The number of halogens is 1. The number of carboxylic acids is 1. The minimum Gasteiger partial charge on any atom is -0.478 e. The van der Waals surface area contributed by atoms with Gasteiger partial charge in [-0.3, -0.25) is 9.69 Å². The fourth-order valence-corrected chi connectivity index (χ4v) is 4.40. The van der Waals surface area contributed by atoms with Crippen LogP contribution in [0.2, 0.25) is 0 Å². The van der Waals surface area contributed by atoms with Gasteiger partial charge in [-0.05, 0) is 56.0 Å². The van der Waals surface area contributed by atoms with E-state index in [1.54, 1.807) is 12.1 Å². The third-order valence-corrected chi connectivity index (χ3v) is 6.11. The molecule has 0 radical (unpaired) electrons. The molecule has 1 saturated heterocycles. The summed E-state index contributed by atoms with van der Waals surface area (Å²) in [7, 11) is 0. The second-order valence-corrected chi connectivity index (χ2v) is 8.15. The molecule has 1 amide bonds. The number of nitrogens with zero attached hydrogens (tertiary/aromatic N) is 2. The van der Waals surface area contributed by atoms with Crippen LogP contribution < -0.4 is 0 Å². The predicted octanol–water partition coefficient (Wildman–Crippen LogP) is 3.67. The first-order valence-corrected chi connectivity index (χ1v) is 10.1. The molecule has 2 aliphatic heterocycles. The molecule has 1 unspecified atom stereocenters. The van der Waals surface area contributed by atoms with E-state index in [1.807, 2.05) is 11.0 Å². The Bertz CT molecular complexity index is 973. The molecule has 0 bridgehead atoms. The van der Waals surface area contributed by atoms with Gasteiger partial charge in [0.05, 0.1) is 5.56 Å². The van der Waals surface area contributed by atoms with Crippen molar-refractivity contribution in [3.05, 3.63) is 58.9 Å². The summed E-state index contributed by atoms with van der Waals surface area (Å²) in [6.07, 6.45) is 1.74. The van der Waals surface area contributed by atoms with Gasteiger partial charge in [0.15, 0.2) is 0 Å². The molecule has 0 aromatic heterocycles. The third-order valence-electron chi connectivity index (χ3n) is 6.11. The molecule has 0 aliphatic carbocycles. The molecule has 2 aliphatic rings. The Morgan fingerprint density at radius 1 is 1.14 bits per heavy atom. The summed E-state index contributed by atoms with van der Waals surface area (Å²) in [6.45, 7) is 6.96. The van der Waals surface area contributed by atoms with Gasteiger partial charge in [-0.15, -0.1) is 0 Å². The summed E-state index contributed by atoms with van der Waals surface area (Å²) in [5.74, 6) is -1.68. The Kier molecular flexibility index (Phi) is 5.13. The van der Waals surface area contributed by atoms with Crippen LogP contribution in [0.5, 0.6) is 0 Å². The van der Waals surface area contributed by atoms with Crippen LogP contribution in [0.25, 0.3) is 11.1 Å². The summed E-state index contributed by atoms with van der Waals surface area (Å²) in [5.41, 5.74) is 2.53. The van der Waals surface area contributed by atoms with Crippen molar-refractivity contribution in [2.75, 3.05) is 19.6 Å². The van der Waals surface area contributed by atoms with E-state index in [-0.39, 0.29) is 17.5 Å². The standard InChI is InChI=1S/C23H25FN2O3/c1-14(2)25-9-8-18(13-25)26-10-7-16-11-15(3-6-20(16)22(26)27)19-5-4-17(23(28)29)12-21(19)24/h3-6,11-12,14,18H,7-10,13H2,1-2H3,(H,28,29). The lowest BCUT2D eigenvalue weighted by Crippen LogP contribution is -2.46. The van der Waals surface area contributed by atoms with Gasteiger partial charge in [-0.25, -0.2) is 9.18 Å². The third kappa shape index (κ3) is 3.65. The molecule has 2 heterocycles. The number of rotatable bonds is 4. The van der Waals surface area contributed by atoms with Crippen molar-refractivity contribution in [1.29, 1.82) is 0 Å². The minimum atomic E-state index is -1.16. The molecule has 2 aromatic carbocycles. The highest BCUT2D eigenvalue weighted by atomic mass is 19.1. The highest BCUT2D eigenvalue weighted by molar-refractivity contribution is 5.97. The van der Waals surface area contributed by atoms with Crippen LogP contribution in [-0.2, 0) is 6.42 Å². The normalized spacial score (nSPS) is 19.7. The maximum atomic E-state index is 14.4. The lowest BCUT2D eigenvalue weighted by atomic mass is 9.92. The van der Waals surface area contributed by atoms with E-state index in [4.69, 9.17) is 5.11 Å². The fourth-order valence-electron chi connectivity index (χ4n) is 4.40. The average Bonchev–Trinajstić information content (AvgIpc) is 3.18. The Hall–Kier alpha value is -2.73. The van der Waals surface area contributed by atoms with Crippen molar-refractivity contribution < 1.29 is 19.1 Å². The van der Waals surface area contributed by atoms with Gasteiger partial charge in [0, 0.05) is 42.8 Å². The molecular weight excluding hydrogens is 371 g/mol. The Morgan fingerprint density at radius 2 is 1.90 bits per heavy atom.